The van der Waals surface area contributed by atoms with Crippen molar-refractivity contribution in [2.45, 2.75) is 50.7 Å². The van der Waals surface area contributed by atoms with Crippen molar-refractivity contribution >= 4 is 5.97 Å². The molecule has 1 aromatic rings. The fourth-order valence-electron chi connectivity index (χ4n) is 2.49. The lowest BCUT2D eigenvalue weighted by molar-refractivity contribution is -0.145. The minimum atomic E-state index is -0.380. The third-order valence-electron chi connectivity index (χ3n) is 3.57. The predicted molar refractivity (Wildman–Crippen MR) is 78.3 cm³/mol. The van der Waals surface area contributed by atoms with Gasteiger partial charge in [0.05, 0.1) is 6.10 Å². The SMILES string of the molecule is O=C1C=CC[C@@H](C[C@H](O)CCCCc2ccccc2)O1. The Morgan fingerprint density at radius 2 is 2.05 bits per heavy atom. The van der Waals surface area contributed by atoms with E-state index < -0.39 is 0 Å². The van der Waals surface area contributed by atoms with Crippen LogP contribution in [0.3, 0.4) is 0 Å². The van der Waals surface area contributed by atoms with Crippen molar-refractivity contribution < 1.29 is 14.6 Å². The molecule has 2 rings (SSSR count). The van der Waals surface area contributed by atoms with Gasteiger partial charge < -0.3 is 9.84 Å². The van der Waals surface area contributed by atoms with Crippen LogP contribution in [-0.4, -0.2) is 23.3 Å². The second-order valence-electron chi connectivity index (χ2n) is 5.32. The first kappa shape index (κ1) is 14.8. The molecule has 2 atom stereocenters. The largest absolute Gasteiger partial charge is 0.459 e. The van der Waals surface area contributed by atoms with Crippen LogP contribution in [0, 0.1) is 0 Å². The van der Waals surface area contributed by atoms with Crippen LogP contribution in [0.25, 0.3) is 0 Å². The molecule has 1 N–H and O–H groups in total. The third kappa shape index (κ3) is 5.17. The van der Waals surface area contributed by atoms with Gasteiger partial charge >= 0.3 is 5.97 Å². The number of hydrogen-bond acceptors (Lipinski definition) is 3. The Morgan fingerprint density at radius 1 is 1.25 bits per heavy atom. The number of rotatable bonds is 7. The lowest BCUT2D eigenvalue weighted by atomic mass is 10.0. The maximum atomic E-state index is 11.1. The molecule has 3 nitrogen and oxygen atoms in total. The molecular formula is C17H22O3. The zero-order valence-electron chi connectivity index (χ0n) is 11.7. The quantitative estimate of drug-likeness (QED) is 0.614. The van der Waals surface area contributed by atoms with E-state index in [1.165, 1.54) is 11.6 Å². The van der Waals surface area contributed by atoms with Crippen LogP contribution in [0.15, 0.2) is 42.5 Å². The van der Waals surface area contributed by atoms with Crippen molar-refractivity contribution in [1.29, 1.82) is 0 Å². The average molecular weight is 274 g/mol. The van der Waals surface area contributed by atoms with Gasteiger partial charge in [-0.25, -0.2) is 4.79 Å². The predicted octanol–water partition coefficient (Wildman–Crippen LogP) is 3.02. The van der Waals surface area contributed by atoms with Gasteiger partial charge in [-0.05, 0) is 24.8 Å². The smallest absolute Gasteiger partial charge is 0.330 e. The number of carbonyl (C=O) groups is 1. The van der Waals surface area contributed by atoms with E-state index in [1.54, 1.807) is 0 Å². The van der Waals surface area contributed by atoms with Crippen LogP contribution in [0.5, 0.6) is 0 Å². The topological polar surface area (TPSA) is 46.5 Å². The number of carbonyl (C=O) groups excluding carboxylic acids is 1. The molecule has 0 saturated carbocycles. The van der Waals surface area contributed by atoms with Gasteiger partial charge in [0.25, 0.3) is 0 Å². The van der Waals surface area contributed by atoms with E-state index in [4.69, 9.17) is 4.74 Å². The lowest BCUT2D eigenvalue weighted by Gasteiger charge is -2.21. The van der Waals surface area contributed by atoms with E-state index in [0.29, 0.717) is 12.8 Å². The Kier molecular flexibility index (Phi) is 5.81. The molecule has 3 heteroatoms. The number of aryl methyl sites for hydroxylation is 1. The summed E-state index contributed by atoms with van der Waals surface area (Å²) in [6.07, 6.45) is 7.87. The molecular weight excluding hydrogens is 252 g/mol. The van der Waals surface area contributed by atoms with Crippen LogP contribution in [0.2, 0.25) is 0 Å². The summed E-state index contributed by atoms with van der Waals surface area (Å²) in [5, 5.41) is 9.97. The summed E-state index contributed by atoms with van der Waals surface area (Å²) in [4.78, 5) is 11.1. The first-order chi connectivity index (χ1) is 9.74. The van der Waals surface area contributed by atoms with Gasteiger partial charge in [0, 0.05) is 18.9 Å². The molecule has 0 spiro atoms. The van der Waals surface area contributed by atoms with Gasteiger partial charge in [-0.2, -0.15) is 0 Å². The number of aliphatic hydroxyl groups excluding tert-OH is 1. The molecule has 20 heavy (non-hydrogen) atoms. The van der Waals surface area contributed by atoms with E-state index in [9.17, 15) is 9.90 Å². The van der Waals surface area contributed by atoms with Crippen molar-refractivity contribution in [1.82, 2.24) is 0 Å². The number of ether oxygens (including phenoxy) is 1. The highest BCUT2D eigenvalue weighted by Crippen LogP contribution is 2.16. The molecule has 1 aliphatic rings. The Balaban J connectivity index is 1.59. The zero-order valence-corrected chi connectivity index (χ0v) is 11.7. The molecule has 0 saturated heterocycles. The third-order valence-corrected chi connectivity index (χ3v) is 3.57. The van der Waals surface area contributed by atoms with Crippen LogP contribution < -0.4 is 0 Å². The monoisotopic (exact) mass is 274 g/mol. The summed E-state index contributed by atoms with van der Waals surface area (Å²) in [6.45, 7) is 0. The highest BCUT2D eigenvalue weighted by atomic mass is 16.5. The van der Waals surface area contributed by atoms with Crippen LogP contribution in [0.1, 0.15) is 37.7 Å². The number of esters is 1. The molecule has 0 aliphatic carbocycles. The minimum Gasteiger partial charge on any atom is -0.459 e. The molecule has 0 amide bonds. The zero-order chi connectivity index (χ0) is 14.2. The molecule has 108 valence electrons. The average Bonchev–Trinajstić information content (AvgIpc) is 2.45. The van der Waals surface area contributed by atoms with Crippen molar-refractivity contribution in [3.8, 4) is 0 Å². The van der Waals surface area contributed by atoms with Gasteiger partial charge in [-0.1, -0.05) is 42.8 Å². The second-order valence-corrected chi connectivity index (χ2v) is 5.32. The summed E-state index contributed by atoms with van der Waals surface area (Å²) in [5.41, 5.74) is 1.34. The summed E-state index contributed by atoms with van der Waals surface area (Å²) < 4.78 is 5.15. The van der Waals surface area contributed by atoms with Crippen molar-refractivity contribution in [3.63, 3.8) is 0 Å². The van der Waals surface area contributed by atoms with Crippen molar-refractivity contribution in [2.75, 3.05) is 0 Å². The summed E-state index contributed by atoms with van der Waals surface area (Å²) in [5.74, 6) is -0.294. The standard InChI is InChI=1S/C17H22O3/c18-15(13-16-11-6-12-17(19)20-16)10-5-4-9-14-7-2-1-3-8-14/h1-3,6-8,12,15-16,18H,4-5,9-11,13H2/t15-,16+/m1/s1. The molecule has 1 aliphatic heterocycles. The van der Waals surface area contributed by atoms with Gasteiger partial charge in [-0.15, -0.1) is 0 Å². The van der Waals surface area contributed by atoms with Gasteiger partial charge in [0.1, 0.15) is 6.10 Å². The fourth-order valence-corrected chi connectivity index (χ4v) is 2.49. The van der Waals surface area contributed by atoms with Gasteiger partial charge in [-0.3, -0.25) is 0 Å². The molecule has 0 radical (unpaired) electrons. The molecule has 0 bridgehead atoms. The van der Waals surface area contributed by atoms with Crippen LogP contribution in [-0.2, 0) is 16.0 Å². The summed E-state index contributed by atoms with van der Waals surface area (Å²) >= 11 is 0. The Bertz CT molecular complexity index is 439. The number of benzene rings is 1. The van der Waals surface area contributed by atoms with Gasteiger partial charge in [0.2, 0.25) is 0 Å². The van der Waals surface area contributed by atoms with Crippen LogP contribution in [0.4, 0.5) is 0 Å². The maximum absolute atomic E-state index is 11.1. The van der Waals surface area contributed by atoms with Crippen molar-refractivity contribution in [2.24, 2.45) is 0 Å². The Morgan fingerprint density at radius 3 is 2.80 bits per heavy atom. The molecule has 0 aromatic heterocycles. The van der Waals surface area contributed by atoms with Crippen LogP contribution >= 0.6 is 0 Å². The molecule has 0 fully saturated rings. The highest BCUT2D eigenvalue weighted by molar-refractivity contribution is 5.82. The summed E-state index contributed by atoms with van der Waals surface area (Å²) in [6, 6.07) is 10.4. The normalized spacial score (nSPS) is 19.6. The van der Waals surface area contributed by atoms with Gasteiger partial charge in [0.15, 0.2) is 0 Å². The molecule has 0 unspecified atom stereocenters. The fraction of sp³-hybridized carbons (Fsp3) is 0.471. The van der Waals surface area contributed by atoms with E-state index in [1.807, 2.05) is 12.1 Å². The number of aliphatic hydroxyl groups is 1. The number of cyclic esters (lactones) is 1. The first-order valence-electron chi connectivity index (χ1n) is 7.33. The lowest BCUT2D eigenvalue weighted by Crippen LogP contribution is -2.25. The number of hydrogen-bond donors (Lipinski definition) is 1. The highest BCUT2D eigenvalue weighted by Gasteiger charge is 2.19. The molecule has 1 heterocycles. The van der Waals surface area contributed by atoms with E-state index in [0.717, 1.165) is 25.7 Å². The Hall–Kier alpha value is -1.61. The van der Waals surface area contributed by atoms with E-state index in [-0.39, 0.29) is 18.2 Å². The molecule has 1 aromatic carbocycles. The Labute approximate surface area is 120 Å². The van der Waals surface area contributed by atoms with Crippen molar-refractivity contribution in [3.05, 3.63) is 48.0 Å². The first-order valence-corrected chi connectivity index (χ1v) is 7.33. The van der Waals surface area contributed by atoms with E-state index in [2.05, 4.69) is 24.3 Å². The number of unbranched alkanes of at least 4 members (excludes halogenated alkanes) is 1. The second kappa shape index (κ2) is 7.85. The summed E-state index contributed by atoms with van der Waals surface area (Å²) in [7, 11) is 0. The van der Waals surface area contributed by atoms with E-state index >= 15 is 0 Å². The maximum Gasteiger partial charge on any atom is 0.330 e. The minimum absolute atomic E-state index is 0.156.